The summed E-state index contributed by atoms with van der Waals surface area (Å²) in [5, 5.41) is 8.46. The van der Waals surface area contributed by atoms with Crippen molar-refractivity contribution < 1.29 is 9.18 Å². The normalized spacial score (nSPS) is 14.0. The Balaban J connectivity index is 1.58. The molecule has 25 heavy (non-hydrogen) atoms. The van der Waals surface area contributed by atoms with Crippen LogP contribution in [0.25, 0.3) is 11.0 Å². The number of halogens is 2. The average molecular weight is 359 g/mol. The van der Waals surface area contributed by atoms with E-state index in [4.69, 9.17) is 11.6 Å². The maximum absolute atomic E-state index is 14.1. The third-order valence-corrected chi connectivity index (χ3v) is 4.76. The Bertz CT molecular complexity index is 917. The summed E-state index contributed by atoms with van der Waals surface area (Å²) in [4.78, 5) is 14.5. The molecule has 2 aromatic carbocycles. The second-order valence-electron chi connectivity index (χ2n) is 6.19. The number of para-hydroxylation sites is 1. The number of aromatic nitrogens is 3. The van der Waals surface area contributed by atoms with Crippen molar-refractivity contribution in [3.8, 4) is 0 Å². The minimum Gasteiger partial charge on any atom is -0.334 e. The third kappa shape index (κ3) is 3.22. The fourth-order valence-electron chi connectivity index (χ4n) is 2.91. The van der Waals surface area contributed by atoms with Crippen molar-refractivity contribution >= 4 is 28.5 Å². The lowest BCUT2D eigenvalue weighted by Crippen LogP contribution is -2.35. The van der Waals surface area contributed by atoms with Crippen molar-refractivity contribution in [2.75, 3.05) is 0 Å². The van der Waals surface area contributed by atoms with Crippen molar-refractivity contribution in [1.82, 2.24) is 19.9 Å². The number of fused-ring (bicyclic) bond motifs is 1. The maximum atomic E-state index is 14.1. The molecule has 0 unspecified atom stereocenters. The van der Waals surface area contributed by atoms with Crippen molar-refractivity contribution in [2.45, 2.75) is 32.0 Å². The van der Waals surface area contributed by atoms with Gasteiger partial charge in [-0.1, -0.05) is 35.0 Å². The van der Waals surface area contributed by atoms with Crippen LogP contribution in [0.2, 0.25) is 5.02 Å². The molecule has 1 amide bonds. The zero-order valence-electron chi connectivity index (χ0n) is 13.4. The number of carbonyl (C=O) groups is 1. The molecule has 1 saturated carbocycles. The topological polar surface area (TPSA) is 51.0 Å². The lowest BCUT2D eigenvalue weighted by Gasteiger charge is -2.23. The smallest absolute Gasteiger partial charge is 0.244 e. The molecule has 1 heterocycles. The summed E-state index contributed by atoms with van der Waals surface area (Å²) >= 11 is 6.12. The van der Waals surface area contributed by atoms with Crippen molar-refractivity contribution in [3.05, 3.63) is 58.9 Å². The van der Waals surface area contributed by atoms with Crippen molar-refractivity contribution in [3.63, 3.8) is 0 Å². The first-order valence-corrected chi connectivity index (χ1v) is 8.52. The molecular weight excluding hydrogens is 343 g/mol. The lowest BCUT2D eigenvalue weighted by atomic mass is 10.2. The molecule has 0 radical (unpaired) electrons. The van der Waals surface area contributed by atoms with Gasteiger partial charge in [-0.2, -0.15) is 0 Å². The molecule has 0 bridgehead atoms. The molecule has 0 atom stereocenters. The Morgan fingerprint density at radius 1 is 1.24 bits per heavy atom. The summed E-state index contributed by atoms with van der Waals surface area (Å²) in [6.07, 6.45) is 1.85. The minimum atomic E-state index is -0.392. The zero-order chi connectivity index (χ0) is 17.4. The molecule has 4 rings (SSSR count). The molecule has 0 aliphatic heterocycles. The Labute approximate surface area is 149 Å². The highest BCUT2D eigenvalue weighted by Gasteiger charge is 2.33. The summed E-state index contributed by atoms with van der Waals surface area (Å²) in [6.45, 7) is 0.241. The van der Waals surface area contributed by atoms with Gasteiger partial charge < -0.3 is 4.90 Å². The van der Waals surface area contributed by atoms with E-state index in [0.29, 0.717) is 10.6 Å². The first-order valence-electron chi connectivity index (χ1n) is 8.14. The molecule has 1 aliphatic rings. The average Bonchev–Trinajstić information content (AvgIpc) is 3.36. The van der Waals surface area contributed by atoms with E-state index in [1.54, 1.807) is 21.7 Å². The molecule has 0 spiro atoms. The third-order valence-electron chi connectivity index (χ3n) is 4.40. The SMILES string of the molecule is O=C(Cn1nnc2ccccc21)N(Cc1c(F)cccc1Cl)C1CC1. The van der Waals surface area contributed by atoms with Crippen LogP contribution in [0.15, 0.2) is 42.5 Å². The van der Waals surface area contributed by atoms with Crippen LogP contribution < -0.4 is 0 Å². The van der Waals surface area contributed by atoms with Gasteiger partial charge in [-0.05, 0) is 37.1 Å². The van der Waals surface area contributed by atoms with Gasteiger partial charge in [-0.15, -0.1) is 5.10 Å². The lowest BCUT2D eigenvalue weighted by molar-refractivity contribution is -0.133. The van der Waals surface area contributed by atoms with Crippen LogP contribution in [0.4, 0.5) is 4.39 Å². The Hall–Kier alpha value is -2.47. The number of rotatable bonds is 5. The van der Waals surface area contributed by atoms with E-state index in [9.17, 15) is 9.18 Å². The van der Waals surface area contributed by atoms with E-state index in [0.717, 1.165) is 23.9 Å². The summed E-state index contributed by atoms with van der Waals surface area (Å²) in [5.41, 5.74) is 1.90. The molecule has 1 aliphatic carbocycles. The summed E-state index contributed by atoms with van der Waals surface area (Å²) in [5.74, 6) is -0.505. The number of nitrogens with zero attached hydrogens (tertiary/aromatic N) is 4. The predicted octanol–water partition coefficient (Wildman–Crippen LogP) is 3.42. The standard InChI is InChI=1S/C18H16ClFN4O/c19-14-4-3-5-15(20)13(14)10-23(12-8-9-12)18(25)11-24-17-7-2-1-6-16(17)21-22-24/h1-7,12H,8-11H2. The summed E-state index contributed by atoms with van der Waals surface area (Å²) in [7, 11) is 0. The molecule has 3 aromatic rings. The van der Waals surface area contributed by atoms with Gasteiger partial charge in [-0.3, -0.25) is 4.79 Å². The van der Waals surface area contributed by atoms with E-state index in [2.05, 4.69) is 10.3 Å². The van der Waals surface area contributed by atoms with Crippen LogP contribution in [-0.4, -0.2) is 31.8 Å². The quantitative estimate of drug-likeness (QED) is 0.702. The molecule has 0 N–H and O–H groups in total. The maximum Gasteiger partial charge on any atom is 0.244 e. The number of hydrogen-bond acceptors (Lipinski definition) is 3. The van der Waals surface area contributed by atoms with Gasteiger partial charge >= 0.3 is 0 Å². The van der Waals surface area contributed by atoms with Crippen LogP contribution in [0.1, 0.15) is 18.4 Å². The highest BCUT2D eigenvalue weighted by molar-refractivity contribution is 6.31. The largest absolute Gasteiger partial charge is 0.334 e. The van der Waals surface area contributed by atoms with E-state index in [1.165, 1.54) is 6.07 Å². The molecule has 0 saturated heterocycles. The van der Waals surface area contributed by atoms with Crippen molar-refractivity contribution in [2.24, 2.45) is 0 Å². The summed E-state index contributed by atoms with van der Waals surface area (Å²) < 4.78 is 15.7. The van der Waals surface area contributed by atoms with Crippen LogP contribution in [-0.2, 0) is 17.9 Å². The zero-order valence-corrected chi connectivity index (χ0v) is 14.2. The fraction of sp³-hybridized carbons (Fsp3) is 0.278. The molecular formula is C18H16ClFN4O. The Morgan fingerprint density at radius 3 is 2.80 bits per heavy atom. The summed E-state index contributed by atoms with van der Waals surface area (Å²) in [6, 6.07) is 12.2. The molecule has 128 valence electrons. The number of carbonyl (C=O) groups excluding carboxylic acids is 1. The second kappa shape index (κ2) is 6.44. The van der Waals surface area contributed by atoms with Gasteiger partial charge in [0.1, 0.15) is 17.9 Å². The van der Waals surface area contributed by atoms with Gasteiger partial charge in [0, 0.05) is 16.6 Å². The van der Waals surface area contributed by atoms with E-state index >= 15 is 0 Å². The number of amides is 1. The van der Waals surface area contributed by atoms with Gasteiger partial charge in [0.2, 0.25) is 5.91 Å². The van der Waals surface area contributed by atoms with E-state index < -0.39 is 5.82 Å². The Kier molecular flexibility index (Phi) is 4.13. The van der Waals surface area contributed by atoms with Crippen molar-refractivity contribution in [1.29, 1.82) is 0 Å². The van der Waals surface area contributed by atoms with Crippen LogP contribution in [0.3, 0.4) is 0 Å². The number of hydrogen-bond donors (Lipinski definition) is 0. The van der Waals surface area contributed by atoms with Gasteiger partial charge in [0.05, 0.1) is 12.1 Å². The van der Waals surface area contributed by atoms with Crippen LogP contribution in [0, 0.1) is 5.82 Å². The second-order valence-corrected chi connectivity index (χ2v) is 6.60. The van der Waals surface area contributed by atoms with E-state index in [1.807, 2.05) is 24.3 Å². The first-order chi connectivity index (χ1) is 12.1. The highest BCUT2D eigenvalue weighted by atomic mass is 35.5. The van der Waals surface area contributed by atoms with Crippen LogP contribution in [0.5, 0.6) is 0 Å². The first kappa shape index (κ1) is 16.0. The van der Waals surface area contributed by atoms with E-state index in [-0.39, 0.29) is 25.0 Å². The molecule has 5 nitrogen and oxygen atoms in total. The van der Waals surface area contributed by atoms with Gasteiger partial charge in [0.25, 0.3) is 0 Å². The fourth-order valence-corrected chi connectivity index (χ4v) is 3.14. The van der Waals surface area contributed by atoms with Gasteiger partial charge in [0.15, 0.2) is 0 Å². The molecule has 1 fully saturated rings. The molecule has 7 heteroatoms. The minimum absolute atomic E-state index is 0.0725. The van der Waals surface area contributed by atoms with Crippen LogP contribution >= 0.6 is 11.6 Å². The van der Waals surface area contributed by atoms with Gasteiger partial charge in [-0.25, -0.2) is 9.07 Å². The molecule has 1 aromatic heterocycles. The Morgan fingerprint density at radius 2 is 2.04 bits per heavy atom. The predicted molar refractivity (Wildman–Crippen MR) is 92.5 cm³/mol. The monoisotopic (exact) mass is 358 g/mol. The highest BCUT2D eigenvalue weighted by Crippen LogP contribution is 2.31. The number of benzene rings is 2.